The number of para-hydroxylation sites is 1. The zero-order chi connectivity index (χ0) is 27.8. The number of rotatable bonds is 7. The van der Waals surface area contributed by atoms with Crippen molar-refractivity contribution in [2.45, 2.75) is 25.8 Å². The first-order valence-corrected chi connectivity index (χ1v) is 13.0. The molecule has 3 N–H and O–H groups in total. The number of carbonyl (C=O) groups excluding carboxylic acids is 1. The maximum atomic E-state index is 14.2. The van der Waals surface area contributed by atoms with Crippen molar-refractivity contribution in [3.63, 3.8) is 0 Å². The van der Waals surface area contributed by atoms with Crippen LogP contribution in [0.3, 0.4) is 0 Å². The van der Waals surface area contributed by atoms with E-state index in [-0.39, 0.29) is 16.9 Å². The number of benzene rings is 2. The summed E-state index contributed by atoms with van der Waals surface area (Å²) in [7, 11) is 1.89. The quantitative estimate of drug-likeness (QED) is 0.324. The van der Waals surface area contributed by atoms with E-state index in [0.29, 0.717) is 28.8 Å². The van der Waals surface area contributed by atoms with Gasteiger partial charge in [0.15, 0.2) is 11.5 Å². The second-order valence-electron chi connectivity index (χ2n) is 9.79. The molecule has 2 aromatic carbocycles. The first-order valence-electron chi connectivity index (χ1n) is 13.0. The largest absolute Gasteiger partial charge is 0.381 e. The Kier molecular flexibility index (Phi) is 6.35. The van der Waals surface area contributed by atoms with Crippen molar-refractivity contribution in [3.05, 3.63) is 118 Å². The topological polar surface area (TPSA) is 125 Å². The maximum Gasteiger partial charge on any atom is 0.263 e. The smallest absolute Gasteiger partial charge is 0.263 e. The summed E-state index contributed by atoms with van der Waals surface area (Å²) in [6.07, 6.45) is 8.56. The predicted molar refractivity (Wildman–Crippen MR) is 153 cm³/mol. The summed E-state index contributed by atoms with van der Waals surface area (Å²) in [5.74, 6) is -0.336. The van der Waals surface area contributed by atoms with Crippen LogP contribution >= 0.6 is 0 Å². The van der Waals surface area contributed by atoms with Crippen molar-refractivity contribution in [1.29, 1.82) is 0 Å². The van der Waals surface area contributed by atoms with Gasteiger partial charge in [0.25, 0.3) is 11.5 Å². The molecule has 10 nitrogen and oxygen atoms in total. The Hall–Kier alpha value is -5.25. The van der Waals surface area contributed by atoms with E-state index >= 15 is 0 Å². The van der Waals surface area contributed by atoms with Crippen molar-refractivity contribution in [2.24, 2.45) is 7.05 Å². The molecule has 200 valence electrons. The average molecular weight is 533 g/mol. The van der Waals surface area contributed by atoms with Gasteiger partial charge in [0.05, 0.1) is 17.6 Å². The van der Waals surface area contributed by atoms with Gasteiger partial charge in [-0.1, -0.05) is 36.4 Å². The van der Waals surface area contributed by atoms with Gasteiger partial charge in [-0.2, -0.15) is 5.10 Å². The molecule has 1 amide bonds. The molecule has 6 aromatic rings. The summed E-state index contributed by atoms with van der Waals surface area (Å²) in [5.41, 5.74) is 9.93. The highest BCUT2D eigenvalue weighted by atomic mass is 16.2. The highest BCUT2D eigenvalue weighted by Crippen LogP contribution is 2.25. The van der Waals surface area contributed by atoms with E-state index in [4.69, 9.17) is 5.73 Å². The number of carbonyl (C=O) groups is 1. The van der Waals surface area contributed by atoms with E-state index in [0.717, 1.165) is 22.9 Å². The molecule has 0 saturated heterocycles. The van der Waals surface area contributed by atoms with Gasteiger partial charge in [-0.3, -0.25) is 18.8 Å². The number of amides is 1. The number of fused-ring (bicyclic) bond motifs is 2. The fourth-order valence-corrected chi connectivity index (χ4v) is 5.17. The summed E-state index contributed by atoms with van der Waals surface area (Å²) in [6.45, 7) is 1.85. The maximum absolute atomic E-state index is 14.2. The third kappa shape index (κ3) is 4.49. The summed E-state index contributed by atoms with van der Waals surface area (Å²) in [6, 6.07) is 18.5. The van der Waals surface area contributed by atoms with Crippen LogP contribution in [-0.4, -0.2) is 34.9 Å². The Balaban J connectivity index is 1.43. The molecule has 0 unspecified atom stereocenters. The fraction of sp³-hybridized carbons (Fsp3) is 0.167. The molecule has 1 atom stereocenters. The van der Waals surface area contributed by atoms with Crippen molar-refractivity contribution in [2.75, 3.05) is 5.73 Å². The Morgan fingerprint density at radius 1 is 1.07 bits per heavy atom. The molecule has 0 spiro atoms. The molecule has 6 rings (SSSR count). The first kappa shape index (κ1) is 25.1. The molecule has 0 saturated carbocycles. The van der Waals surface area contributed by atoms with Gasteiger partial charge in [0.1, 0.15) is 5.56 Å². The second kappa shape index (κ2) is 10.1. The number of nitrogen functional groups attached to an aromatic ring is 1. The number of aryl methyl sites for hydroxylation is 3. The molecule has 0 aliphatic rings. The number of nitrogens with one attached hydrogen (secondary N) is 1. The zero-order valence-corrected chi connectivity index (χ0v) is 22.2. The molecule has 4 aromatic heterocycles. The Bertz CT molecular complexity index is 1920. The third-order valence-electron chi connectivity index (χ3n) is 7.06. The molecule has 0 aliphatic heterocycles. The summed E-state index contributed by atoms with van der Waals surface area (Å²) >= 11 is 0. The molecule has 0 aliphatic carbocycles. The monoisotopic (exact) mass is 532 g/mol. The highest BCUT2D eigenvalue weighted by Gasteiger charge is 2.24. The van der Waals surface area contributed by atoms with Crippen molar-refractivity contribution >= 4 is 28.1 Å². The van der Waals surface area contributed by atoms with Crippen LogP contribution in [0.25, 0.3) is 22.1 Å². The van der Waals surface area contributed by atoms with Crippen LogP contribution in [0.2, 0.25) is 0 Å². The van der Waals surface area contributed by atoms with Crippen LogP contribution in [-0.2, 0) is 19.9 Å². The minimum atomic E-state index is -0.540. The molecule has 4 heterocycles. The van der Waals surface area contributed by atoms with Gasteiger partial charge in [0, 0.05) is 37.0 Å². The lowest BCUT2D eigenvalue weighted by molar-refractivity contribution is 0.0941. The molecule has 40 heavy (non-hydrogen) atoms. The zero-order valence-electron chi connectivity index (χ0n) is 22.2. The number of nitrogens with zero attached hydrogens (tertiary/aromatic N) is 6. The van der Waals surface area contributed by atoms with E-state index in [2.05, 4.69) is 20.5 Å². The summed E-state index contributed by atoms with van der Waals surface area (Å²) < 4.78 is 4.93. The molecule has 0 fully saturated rings. The first-order chi connectivity index (χ1) is 19.4. The van der Waals surface area contributed by atoms with Crippen molar-refractivity contribution in [3.8, 4) is 5.69 Å². The number of hydrogen-bond donors (Lipinski definition) is 2. The normalized spacial score (nSPS) is 12.2. The number of anilines is 1. The van der Waals surface area contributed by atoms with Gasteiger partial charge in [-0.15, -0.1) is 5.10 Å². The SMILES string of the molecule is C[C@@H](NC(=O)c1c(N)nn2cccnc12)c1cc2cccc(CCc3cnn(C)c3)c2c(=O)n1-c1ccccc1. The van der Waals surface area contributed by atoms with Gasteiger partial charge in [-0.05, 0) is 60.5 Å². The van der Waals surface area contributed by atoms with Crippen LogP contribution in [0.4, 0.5) is 5.82 Å². The fourth-order valence-electron chi connectivity index (χ4n) is 5.17. The van der Waals surface area contributed by atoms with Crippen molar-refractivity contribution in [1.82, 2.24) is 34.3 Å². The van der Waals surface area contributed by atoms with Crippen LogP contribution in [0.5, 0.6) is 0 Å². The summed E-state index contributed by atoms with van der Waals surface area (Å²) in [5, 5.41) is 12.9. The van der Waals surface area contributed by atoms with Gasteiger partial charge >= 0.3 is 0 Å². The van der Waals surface area contributed by atoms with Crippen LogP contribution in [0.15, 0.2) is 90.2 Å². The number of nitrogens with two attached hydrogens (primary N) is 1. The molecule has 10 heteroatoms. The van der Waals surface area contributed by atoms with Crippen molar-refractivity contribution < 1.29 is 4.79 Å². The van der Waals surface area contributed by atoms with Crippen LogP contribution in [0, 0.1) is 0 Å². The second-order valence-corrected chi connectivity index (χ2v) is 9.79. The summed E-state index contributed by atoms with van der Waals surface area (Å²) in [4.78, 5) is 31.9. The Morgan fingerprint density at radius 2 is 1.90 bits per heavy atom. The minimum Gasteiger partial charge on any atom is -0.381 e. The van der Waals surface area contributed by atoms with Gasteiger partial charge < -0.3 is 11.1 Å². The van der Waals surface area contributed by atoms with E-state index in [1.54, 1.807) is 27.7 Å². The molecular weight excluding hydrogens is 504 g/mol. The lowest BCUT2D eigenvalue weighted by Crippen LogP contribution is -2.32. The Morgan fingerprint density at radius 3 is 2.67 bits per heavy atom. The molecule has 0 radical (unpaired) electrons. The van der Waals surface area contributed by atoms with E-state index in [1.807, 2.05) is 81.0 Å². The predicted octanol–water partition coefficient (Wildman–Crippen LogP) is 3.63. The number of hydrogen-bond acceptors (Lipinski definition) is 6. The van der Waals surface area contributed by atoms with Crippen LogP contribution in [0.1, 0.15) is 40.1 Å². The van der Waals surface area contributed by atoms with E-state index in [1.165, 1.54) is 4.52 Å². The van der Waals surface area contributed by atoms with E-state index in [9.17, 15) is 9.59 Å². The third-order valence-corrected chi connectivity index (χ3v) is 7.06. The molecular formula is C30H28N8O2. The number of aromatic nitrogens is 6. The van der Waals surface area contributed by atoms with Gasteiger partial charge in [0.2, 0.25) is 0 Å². The molecule has 0 bridgehead atoms. The van der Waals surface area contributed by atoms with E-state index < -0.39 is 11.9 Å². The average Bonchev–Trinajstić information content (AvgIpc) is 3.53. The number of pyridine rings is 1. The van der Waals surface area contributed by atoms with Gasteiger partial charge in [-0.25, -0.2) is 9.50 Å². The minimum absolute atomic E-state index is 0.0839. The standard InChI is InChI=1S/C30H28N8O2/c1-19(34-29(39)26-27(31)35-37-15-7-14-32-28(26)37)24-16-22-9-6-8-21(13-12-20-17-33-36(2)18-20)25(22)30(40)38(24)23-10-4-3-5-11-23/h3-11,14-19H,12-13H2,1-2H3,(H2,31,35)(H,34,39)/t19-/m1/s1. The lowest BCUT2D eigenvalue weighted by atomic mass is 9.99. The lowest BCUT2D eigenvalue weighted by Gasteiger charge is -2.21. The highest BCUT2D eigenvalue weighted by molar-refractivity contribution is 6.04. The Labute approximate surface area is 229 Å². The van der Waals surface area contributed by atoms with Crippen LogP contribution < -0.4 is 16.6 Å².